The molecule has 3 rings (SSSR count). The number of fused-ring (bicyclic) bond motifs is 1. The fourth-order valence-corrected chi connectivity index (χ4v) is 2.65. The first-order chi connectivity index (χ1) is 11.0. The van der Waals surface area contributed by atoms with Crippen molar-refractivity contribution in [3.05, 3.63) is 57.0 Å². The molecule has 6 heteroatoms. The Morgan fingerprint density at radius 2 is 1.96 bits per heavy atom. The predicted molar refractivity (Wildman–Crippen MR) is 88.3 cm³/mol. The van der Waals surface area contributed by atoms with Gasteiger partial charge in [-0.05, 0) is 31.9 Å². The number of nitrogens with one attached hydrogen (secondary N) is 2. The molecule has 2 aromatic heterocycles. The van der Waals surface area contributed by atoms with Crippen molar-refractivity contribution in [2.45, 2.75) is 40.3 Å². The molecule has 0 saturated heterocycles. The Bertz CT molecular complexity index is 911. The van der Waals surface area contributed by atoms with E-state index in [1.54, 1.807) is 13.0 Å². The van der Waals surface area contributed by atoms with Crippen molar-refractivity contribution in [2.24, 2.45) is 0 Å². The lowest BCUT2D eigenvalue weighted by Gasteiger charge is -2.12. The SMILES string of the molecule is Cc1nnc([C@H](C)NCc2cc(=O)c3c(C)ccc(C)c3[nH]2)o1. The lowest BCUT2D eigenvalue weighted by atomic mass is 10.0. The summed E-state index contributed by atoms with van der Waals surface area (Å²) in [5.41, 5.74) is 3.82. The van der Waals surface area contributed by atoms with Gasteiger partial charge in [-0.3, -0.25) is 4.79 Å². The van der Waals surface area contributed by atoms with Crippen LogP contribution in [0.3, 0.4) is 0 Å². The third kappa shape index (κ3) is 3.03. The maximum atomic E-state index is 12.4. The Morgan fingerprint density at radius 3 is 2.65 bits per heavy atom. The fraction of sp³-hybridized carbons (Fsp3) is 0.353. The number of nitrogens with zero attached hydrogens (tertiary/aromatic N) is 2. The molecule has 120 valence electrons. The zero-order chi connectivity index (χ0) is 16.6. The number of aromatic nitrogens is 3. The van der Waals surface area contributed by atoms with Crippen LogP contribution in [0.1, 0.15) is 41.6 Å². The van der Waals surface area contributed by atoms with Crippen LogP contribution in [0.5, 0.6) is 0 Å². The molecule has 2 heterocycles. The second kappa shape index (κ2) is 5.96. The molecule has 0 fully saturated rings. The van der Waals surface area contributed by atoms with E-state index in [0.29, 0.717) is 18.3 Å². The van der Waals surface area contributed by atoms with Gasteiger partial charge in [-0.1, -0.05) is 12.1 Å². The first kappa shape index (κ1) is 15.4. The van der Waals surface area contributed by atoms with E-state index in [2.05, 4.69) is 20.5 Å². The van der Waals surface area contributed by atoms with Crippen molar-refractivity contribution in [1.29, 1.82) is 0 Å². The number of hydrogen-bond acceptors (Lipinski definition) is 5. The van der Waals surface area contributed by atoms with Crippen LogP contribution in [0.2, 0.25) is 0 Å². The van der Waals surface area contributed by atoms with Crippen molar-refractivity contribution < 1.29 is 4.42 Å². The van der Waals surface area contributed by atoms with E-state index < -0.39 is 0 Å². The molecule has 1 atom stereocenters. The number of benzene rings is 1. The number of hydrogen-bond donors (Lipinski definition) is 2. The number of H-pyrrole nitrogens is 1. The van der Waals surface area contributed by atoms with Crippen LogP contribution in [0.4, 0.5) is 0 Å². The van der Waals surface area contributed by atoms with Crippen molar-refractivity contribution >= 4 is 10.9 Å². The van der Waals surface area contributed by atoms with Crippen molar-refractivity contribution in [3.63, 3.8) is 0 Å². The molecule has 0 aliphatic carbocycles. The van der Waals surface area contributed by atoms with Gasteiger partial charge in [-0.15, -0.1) is 10.2 Å². The molecule has 6 nitrogen and oxygen atoms in total. The fourth-order valence-electron chi connectivity index (χ4n) is 2.65. The highest BCUT2D eigenvalue weighted by atomic mass is 16.4. The first-order valence-corrected chi connectivity index (χ1v) is 7.61. The van der Waals surface area contributed by atoms with Gasteiger partial charge in [0.15, 0.2) is 5.43 Å². The Balaban J connectivity index is 1.86. The molecule has 2 N–H and O–H groups in total. The molecule has 0 bridgehead atoms. The Morgan fingerprint density at radius 1 is 1.22 bits per heavy atom. The van der Waals surface area contributed by atoms with E-state index >= 15 is 0 Å². The van der Waals surface area contributed by atoms with E-state index in [4.69, 9.17) is 4.42 Å². The van der Waals surface area contributed by atoms with E-state index in [-0.39, 0.29) is 11.5 Å². The number of aromatic amines is 1. The van der Waals surface area contributed by atoms with Crippen LogP contribution >= 0.6 is 0 Å². The summed E-state index contributed by atoms with van der Waals surface area (Å²) in [7, 11) is 0. The van der Waals surface area contributed by atoms with Gasteiger partial charge in [0.05, 0.1) is 11.6 Å². The largest absolute Gasteiger partial charge is 0.424 e. The number of rotatable bonds is 4. The summed E-state index contributed by atoms with van der Waals surface area (Å²) in [5.74, 6) is 1.08. The second-order valence-electron chi connectivity index (χ2n) is 5.87. The monoisotopic (exact) mass is 312 g/mol. The zero-order valence-electron chi connectivity index (χ0n) is 13.7. The molecule has 0 aliphatic rings. The van der Waals surface area contributed by atoms with Crippen LogP contribution in [-0.2, 0) is 6.54 Å². The van der Waals surface area contributed by atoms with E-state index in [1.165, 1.54) is 0 Å². The molecule has 23 heavy (non-hydrogen) atoms. The smallest absolute Gasteiger partial charge is 0.233 e. The van der Waals surface area contributed by atoms with Crippen LogP contribution in [-0.4, -0.2) is 15.2 Å². The molecule has 0 aliphatic heterocycles. The normalized spacial score (nSPS) is 12.7. The Kier molecular flexibility index (Phi) is 4.00. The number of aryl methyl sites for hydroxylation is 3. The maximum absolute atomic E-state index is 12.4. The van der Waals surface area contributed by atoms with Crippen LogP contribution in [0, 0.1) is 20.8 Å². The molecule has 0 spiro atoms. The lowest BCUT2D eigenvalue weighted by molar-refractivity contribution is 0.400. The summed E-state index contributed by atoms with van der Waals surface area (Å²) in [5, 5.41) is 11.9. The molecule has 0 amide bonds. The van der Waals surface area contributed by atoms with Gasteiger partial charge in [-0.25, -0.2) is 0 Å². The van der Waals surface area contributed by atoms with Crippen molar-refractivity contribution in [2.75, 3.05) is 0 Å². The van der Waals surface area contributed by atoms with Gasteiger partial charge in [-0.2, -0.15) is 0 Å². The highest BCUT2D eigenvalue weighted by Gasteiger charge is 2.13. The summed E-state index contributed by atoms with van der Waals surface area (Å²) < 4.78 is 5.41. The highest BCUT2D eigenvalue weighted by molar-refractivity contribution is 5.84. The molecular formula is C17H20N4O2. The average molecular weight is 312 g/mol. The third-order valence-corrected chi connectivity index (χ3v) is 3.97. The molecule has 1 aromatic carbocycles. The third-order valence-electron chi connectivity index (χ3n) is 3.97. The minimum absolute atomic E-state index is 0.0398. The number of pyridine rings is 1. The van der Waals surface area contributed by atoms with E-state index in [9.17, 15) is 4.79 Å². The van der Waals surface area contributed by atoms with Crippen molar-refractivity contribution in [1.82, 2.24) is 20.5 Å². The van der Waals surface area contributed by atoms with Gasteiger partial charge < -0.3 is 14.7 Å². The Labute approximate surface area is 133 Å². The maximum Gasteiger partial charge on any atom is 0.233 e. The minimum atomic E-state index is -0.0889. The van der Waals surface area contributed by atoms with E-state index in [0.717, 1.165) is 27.7 Å². The van der Waals surface area contributed by atoms with Gasteiger partial charge in [0.1, 0.15) is 0 Å². The topological polar surface area (TPSA) is 83.8 Å². The second-order valence-corrected chi connectivity index (χ2v) is 5.87. The highest BCUT2D eigenvalue weighted by Crippen LogP contribution is 2.18. The van der Waals surface area contributed by atoms with Crippen LogP contribution in [0.25, 0.3) is 10.9 Å². The molecule has 3 aromatic rings. The predicted octanol–water partition coefficient (Wildman–Crippen LogP) is 2.69. The van der Waals surface area contributed by atoms with Gasteiger partial charge in [0.2, 0.25) is 11.8 Å². The summed E-state index contributed by atoms with van der Waals surface area (Å²) in [6, 6.07) is 5.56. The van der Waals surface area contributed by atoms with E-state index in [1.807, 2.05) is 32.9 Å². The Hall–Kier alpha value is -2.47. The van der Waals surface area contributed by atoms with Crippen LogP contribution < -0.4 is 10.7 Å². The average Bonchev–Trinajstić information content (AvgIpc) is 2.95. The zero-order valence-corrected chi connectivity index (χ0v) is 13.7. The lowest BCUT2D eigenvalue weighted by Crippen LogP contribution is -2.20. The van der Waals surface area contributed by atoms with Gasteiger partial charge in [0.25, 0.3) is 0 Å². The standard InChI is InChI=1S/C17H20N4O2/c1-9-5-6-10(2)16-15(9)14(22)7-13(19-16)8-18-11(3)17-21-20-12(4)23-17/h5-7,11,18H,8H2,1-4H3,(H,19,22)/t11-/m0/s1. The molecule has 0 saturated carbocycles. The first-order valence-electron chi connectivity index (χ1n) is 7.61. The summed E-state index contributed by atoms with van der Waals surface area (Å²) in [6.07, 6.45) is 0. The van der Waals surface area contributed by atoms with Crippen LogP contribution in [0.15, 0.2) is 27.4 Å². The quantitative estimate of drug-likeness (QED) is 0.774. The van der Waals surface area contributed by atoms with Gasteiger partial charge in [0, 0.05) is 30.6 Å². The molecule has 0 radical (unpaired) electrons. The summed E-state index contributed by atoms with van der Waals surface area (Å²) >= 11 is 0. The molecule has 0 unspecified atom stereocenters. The molecular weight excluding hydrogens is 292 g/mol. The van der Waals surface area contributed by atoms with Crippen molar-refractivity contribution in [3.8, 4) is 0 Å². The summed E-state index contributed by atoms with van der Waals surface area (Å²) in [6.45, 7) is 8.17. The van der Waals surface area contributed by atoms with Gasteiger partial charge >= 0.3 is 0 Å². The summed E-state index contributed by atoms with van der Waals surface area (Å²) in [4.78, 5) is 15.8. The minimum Gasteiger partial charge on any atom is -0.424 e.